The van der Waals surface area contributed by atoms with Crippen LogP contribution in [-0.4, -0.2) is 58.4 Å². The minimum atomic E-state index is -0.659. The summed E-state index contributed by atoms with van der Waals surface area (Å²) in [5.74, 6) is 0.173. The number of benzene rings is 2. The molecule has 0 aliphatic carbocycles. The number of anilines is 1. The van der Waals surface area contributed by atoms with Gasteiger partial charge in [-0.3, -0.25) is 9.59 Å². The van der Waals surface area contributed by atoms with Crippen molar-refractivity contribution >= 4 is 17.5 Å². The summed E-state index contributed by atoms with van der Waals surface area (Å²) >= 11 is 0. The molecular formula is C23H30N4O4+2. The second-order valence-corrected chi connectivity index (χ2v) is 8.31. The number of hydrogen-bond donors (Lipinski definition) is 4. The maximum atomic E-state index is 12.5. The number of piperazine rings is 1. The van der Waals surface area contributed by atoms with E-state index in [0.717, 1.165) is 48.8 Å². The summed E-state index contributed by atoms with van der Waals surface area (Å²) in [7, 11) is 2.20. The summed E-state index contributed by atoms with van der Waals surface area (Å²) < 4.78 is 11.0. The van der Waals surface area contributed by atoms with Crippen LogP contribution in [0, 0.1) is 6.92 Å². The molecule has 8 nitrogen and oxygen atoms in total. The molecule has 4 N–H and O–H groups in total. The number of quaternary nitrogens is 2. The second-order valence-electron chi connectivity index (χ2n) is 8.31. The Bertz CT molecular complexity index is 956. The normalized spacial score (nSPS) is 20.7. The van der Waals surface area contributed by atoms with E-state index in [-0.39, 0.29) is 12.8 Å². The molecule has 31 heavy (non-hydrogen) atoms. The zero-order valence-corrected chi connectivity index (χ0v) is 18.0. The monoisotopic (exact) mass is 426 g/mol. The highest BCUT2D eigenvalue weighted by molar-refractivity contribution is 6.39. The van der Waals surface area contributed by atoms with E-state index in [9.17, 15) is 9.59 Å². The molecule has 0 saturated carbocycles. The van der Waals surface area contributed by atoms with Gasteiger partial charge >= 0.3 is 11.8 Å². The van der Waals surface area contributed by atoms with Crippen molar-refractivity contribution in [2.24, 2.45) is 0 Å². The van der Waals surface area contributed by atoms with Crippen molar-refractivity contribution in [2.45, 2.75) is 13.0 Å². The third kappa shape index (κ3) is 5.15. The van der Waals surface area contributed by atoms with Crippen molar-refractivity contribution in [1.82, 2.24) is 5.32 Å². The lowest BCUT2D eigenvalue weighted by molar-refractivity contribution is -1.02. The summed E-state index contributed by atoms with van der Waals surface area (Å²) in [6.07, 6.45) is 0. The SMILES string of the molecule is Cc1cccc(NC(=O)C(=O)NC[C@H](c2ccc3c(c2)OCO3)[NH+]2CC[NH+](C)CC2)c1. The van der Waals surface area contributed by atoms with E-state index in [0.29, 0.717) is 12.2 Å². The number of fused-ring (bicyclic) bond motifs is 1. The summed E-state index contributed by atoms with van der Waals surface area (Å²) in [6.45, 7) is 6.66. The molecule has 1 atom stereocenters. The van der Waals surface area contributed by atoms with Crippen molar-refractivity contribution < 1.29 is 28.9 Å². The third-order valence-electron chi connectivity index (χ3n) is 5.99. The van der Waals surface area contributed by atoms with Crippen LogP contribution < -0.4 is 29.9 Å². The Hall–Kier alpha value is -3.10. The molecule has 0 spiro atoms. The molecule has 2 aliphatic heterocycles. The van der Waals surface area contributed by atoms with E-state index >= 15 is 0 Å². The molecular weight excluding hydrogens is 396 g/mol. The molecule has 4 rings (SSSR count). The van der Waals surface area contributed by atoms with Crippen molar-refractivity contribution in [1.29, 1.82) is 0 Å². The molecule has 2 aromatic rings. The highest BCUT2D eigenvalue weighted by atomic mass is 16.7. The molecule has 1 saturated heterocycles. The average molecular weight is 427 g/mol. The minimum absolute atomic E-state index is 0.0262. The number of carbonyl (C=O) groups is 2. The van der Waals surface area contributed by atoms with Gasteiger partial charge in [-0.05, 0) is 42.8 Å². The highest BCUT2D eigenvalue weighted by Gasteiger charge is 2.31. The van der Waals surface area contributed by atoms with Crippen LogP contribution in [0.5, 0.6) is 11.5 Å². The van der Waals surface area contributed by atoms with E-state index < -0.39 is 11.8 Å². The van der Waals surface area contributed by atoms with Crippen molar-refractivity contribution in [3.05, 3.63) is 53.6 Å². The Morgan fingerprint density at radius 2 is 1.77 bits per heavy atom. The van der Waals surface area contributed by atoms with Gasteiger partial charge in [-0.1, -0.05) is 12.1 Å². The fourth-order valence-corrected chi connectivity index (χ4v) is 4.16. The number of rotatable bonds is 5. The smallest absolute Gasteiger partial charge is 0.313 e. The number of ether oxygens (including phenoxy) is 2. The fourth-order valence-electron chi connectivity index (χ4n) is 4.16. The fraction of sp³-hybridized carbons (Fsp3) is 0.391. The van der Waals surface area contributed by atoms with Crippen LogP contribution in [0.15, 0.2) is 42.5 Å². The minimum Gasteiger partial charge on any atom is -0.454 e. The van der Waals surface area contributed by atoms with E-state index in [1.54, 1.807) is 6.07 Å². The van der Waals surface area contributed by atoms with Crippen LogP contribution in [0.2, 0.25) is 0 Å². The lowest BCUT2D eigenvalue weighted by Crippen LogP contribution is -3.27. The summed E-state index contributed by atoms with van der Waals surface area (Å²) in [5.41, 5.74) is 2.69. The molecule has 2 aliphatic rings. The van der Waals surface area contributed by atoms with Crippen LogP contribution in [0.4, 0.5) is 5.69 Å². The number of likely N-dealkylation sites (N-methyl/N-ethyl adjacent to an activating group) is 1. The van der Waals surface area contributed by atoms with Crippen molar-refractivity contribution in [3.8, 4) is 11.5 Å². The van der Waals surface area contributed by atoms with Crippen LogP contribution >= 0.6 is 0 Å². The molecule has 8 heteroatoms. The Kier molecular flexibility index (Phi) is 6.39. The largest absolute Gasteiger partial charge is 0.454 e. The van der Waals surface area contributed by atoms with E-state index in [4.69, 9.17) is 9.47 Å². The Morgan fingerprint density at radius 1 is 1.00 bits per heavy atom. The zero-order chi connectivity index (χ0) is 21.8. The molecule has 1 fully saturated rings. The topological polar surface area (TPSA) is 85.5 Å². The first kappa shape index (κ1) is 21.1. The Balaban J connectivity index is 1.44. The summed E-state index contributed by atoms with van der Waals surface area (Å²) in [6, 6.07) is 13.3. The molecule has 2 amide bonds. The lowest BCUT2D eigenvalue weighted by atomic mass is 10.0. The first-order valence-electron chi connectivity index (χ1n) is 10.7. The van der Waals surface area contributed by atoms with Gasteiger partial charge in [-0.2, -0.15) is 0 Å². The molecule has 0 bridgehead atoms. The Morgan fingerprint density at radius 3 is 2.55 bits per heavy atom. The highest BCUT2D eigenvalue weighted by Crippen LogP contribution is 2.33. The van der Waals surface area contributed by atoms with Crippen LogP contribution in [0.3, 0.4) is 0 Å². The predicted molar refractivity (Wildman–Crippen MR) is 115 cm³/mol. The van der Waals surface area contributed by atoms with Crippen LogP contribution in [0.1, 0.15) is 17.2 Å². The lowest BCUT2D eigenvalue weighted by Gasteiger charge is -2.33. The zero-order valence-electron chi connectivity index (χ0n) is 18.0. The van der Waals surface area contributed by atoms with Crippen LogP contribution in [-0.2, 0) is 9.59 Å². The van der Waals surface area contributed by atoms with Crippen molar-refractivity contribution in [2.75, 3.05) is 51.9 Å². The molecule has 0 unspecified atom stereocenters. The van der Waals surface area contributed by atoms with Crippen LogP contribution in [0.25, 0.3) is 0 Å². The standard InChI is InChI=1S/C23H28N4O4/c1-16-4-3-5-18(12-16)25-23(29)22(28)24-14-19(27-10-8-26(2)9-11-27)17-6-7-20-21(13-17)31-15-30-20/h3-7,12-13,19H,8-11,14-15H2,1-2H3,(H,24,28)(H,25,29)/p+2/t19-/m1/s1. The Labute approximate surface area is 182 Å². The number of hydrogen-bond acceptors (Lipinski definition) is 4. The van der Waals surface area contributed by atoms with E-state index in [1.165, 1.54) is 9.80 Å². The van der Waals surface area contributed by atoms with E-state index in [1.807, 2.05) is 43.3 Å². The molecule has 0 radical (unpaired) electrons. The average Bonchev–Trinajstić information content (AvgIpc) is 3.23. The number of carbonyl (C=O) groups excluding carboxylic acids is 2. The van der Waals surface area contributed by atoms with Gasteiger partial charge in [0.1, 0.15) is 32.2 Å². The number of nitrogens with one attached hydrogen (secondary N) is 4. The van der Waals surface area contributed by atoms with Gasteiger partial charge in [-0.25, -0.2) is 0 Å². The van der Waals surface area contributed by atoms with E-state index in [2.05, 4.69) is 17.7 Å². The van der Waals surface area contributed by atoms with Gasteiger partial charge < -0.3 is 29.9 Å². The first-order chi connectivity index (χ1) is 15.0. The van der Waals surface area contributed by atoms with Gasteiger partial charge in [0.25, 0.3) is 0 Å². The van der Waals surface area contributed by atoms with Gasteiger partial charge in [0.05, 0.1) is 13.6 Å². The molecule has 164 valence electrons. The van der Waals surface area contributed by atoms with Gasteiger partial charge in [0.15, 0.2) is 11.5 Å². The van der Waals surface area contributed by atoms with Gasteiger partial charge in [-0.15, -0.1) is 0 Å². The number of amides is 2. The van der Waals surface area contributed by atoms with Gasteiger partial charge in [0.2, 0.25) is 6.79 Å². The maximum Gasteiger partial charge on any atom is 0.313 e. The molecule has 2 aromatic carbocycles. The molecule has 2 heterocycles. The van der Waals surface area contributed by atoms with Crippen molar-refractivity contribution in [3.63, 3.8) is 0 Å². The maximum absolute atomic E-state index is 12.5. The quantitative estimate of drug-likeness (QED) is 0.459. The summed E-state index contributed by atoms with van der Waals surface area (Å²) in [4.78, 5) is 27.8. The third-order valence-corrected chi connectivity index (χ3v) is 5.99. The molecule has 0 aromatic heterocycles. The predicted octanol–water partition coefficient (Wildman–Crippen LogP) is -1.07. The first-order valence-corrected chi connectivity index (χ1v) is 10.7. The number of aryl methyl sites for hydroxylation is 1. The summed E-state index contributed by atoms with van der Waals surface area (Å²) in [5, 5.41) is 5.51. The second kappa shape index (κ2) is 9.36. The van der Waals surface area contributed by atoms with Gasteiger partial charge in [0, 0.05) is 11.3 Å².